The van der Waals surface area contributed by atoms with Crippen LogP contribution < -0.4 is 5.32 Å². The summed E-state index contributed by atoms with van der Waals surface area (Å²) >= 11 is 0. The van der Waals surface area contributed by atoms with Gasteiger partial charge in [-0.2, -0.15) is 0 Å². The molecule has 0 spiro atoms. The Labute approximate surface area is 168 Å². The van der Waals surface area contributed by atoms with E-state index in [1.54, 1.807) is 17.9 Å². The third-order valence-corrected chi connectivity index (χ3v) is 4.68. The highest BCUT2D eigenvalue weighted by atomic mass is 16.2. The standard InChI is InChI=1S/C23H20N4O2/c1-26(23(29)21-14-24-16-27(21)18-10-3-2-4-11-18)15-22(28)25-20-13-7-9-17-8-5-6-12-19(17)20/h2-14,16H,15H2,1H3,(H,25,28). The van der Waals surface area contributed by atoms with Crippen LogP contribution >= 0.6 is 0 Å². The summed E-state index contributed by atoms with van der Waals surface area (Å²) in [5, 5.41) is 4.91. The fourth-order valence-electron chi connectivity index (χ4n) is 3.25. The molecule has 0 saturated heterocycles. The second-order valence-electron chi connectivity index (χ2n) is 6.72. The van der Waals surface area contributed by atoms with Crippen molar-refractivity contribution in [2.75, 3.05) is 18.9 Å². The van der Waals surface area contributed by atoms with Crippen LogP contribution in [0.3, 0.4) is 0 Å². The molecule has 3 aromatic carbocycles. The van der Waals surface area contributed by atoms with E-state index in [-0.39, 0.29) is 18.4 Å². The van der Waals surface area contributed by atoms with Gasteiger partial charge in [-0.05, 0) is 23.6 Å². The normalized spacial score (nSPS) is 10.7. The highest BCUT2D eigenvalue weighted by Crippen LogP contribution is 2.23. The molecule has 1 heterocycles. The number of nitrogens with zero attached hydrogens (tertiary/aromatic N) is 3. The van der Waals surface area contributed by atoms with Crippen molar-refractivity contribution in [3.05, 3.63) is 91.0 Å². The van der Waals surface area contributed by atoms with Crippen molar-refractivity contribution >= 4 is 28.3 Å². The summed E-state index contributed by atoms with van der Waals surface area (Å²) in [6, 6.07) is 23.1. The molecular weight excluding hydrogens is 364 g/mol. The monoisotopic (exact) mass is 384 g/mol. The smallest absolute Gasteiger partial charge is 0.272 e. The number of anilines is 1. The number of hydrogen-bond acceptors (Lipinski definition) is 3. The fraction of sp³-hybridized carbons (Fsp3) is 0.0870. The summed E-state index contributed by atoms with van der Waals surface area (Å²) < 4.78 is 1.71. The molecule has 6 nitrogen and oxygen atoms in total. The van der Waals surface area contributed by atoms with Crippen LogP contribution in [0, 0.1) is 0 Å². The molecule has 1 aromatic heterocycles. The number of hydrogen-bond donors (Lipinski definition) is 1. The average molecular weight is 384 g/mol. The topological polar surface area (TPSA) is 67.2 Å². The Hall–Kier alpha value is -3.93. The molecule has 0 unspecified atom stereocenters. The SMILES string of the molecule is CN(CC(=O)Nc1cccc2ccccc12)C(=O)c1cncn1-c1ccccc1. The number of likely N-dealkylation sites (N-methyl/N-ethyl adjacent to an activating group) is 1. The predicted octanol–water partition coefficient (Wildman–Crippen LogP) is 3.74. The molecule has 0 bridgehead atoms. The first-order valence-corrected chi connectivity index (χ1v) is 9.24. The van der Waals surface area contributed by atoms with E-state index in [0.29, 0.717) is 5.69 Å². The summed E-state index contributed by atoms with van der Waals surface area (Å²) in [6.45, 7) is -0.0674. The average Bonchev–Trinajstić information content (AvgIpc) is 3.24. The molecule has 0 aliphatic rings. The van der Waals surface area contributed by atoms with Gasteiger partial charge in [0, 0.05) is 23.8 Å². The van der Waals surface area contributed by atoms with Gasteiger partial charge >= 0.3 is 0 Å². The molecule has 2 amide bonds. The van der Waals surface area contributed by atoms with Gasteiger partial charge in [-0.25, -0.2) is 4.98 Å². The third kappa shape index (κ3) is 3.87. The Morgan fingerprint density at radius 2 is 1.69 bits per heavy atom. The quantitative estimate of drug-likeness (QED) is 0.570. The maximum absolute atomic E-state index is 12.9. The molecule has 4 aromatic rings. The Balaban J connectivity index is 1.48. The van der Waals surface area contributed by atoms with Gasteiger partial charge in [0.1, 0.15) is 5.69 Å². The van der Waals surface area contributed by atoms with Crippen molar-refractivity contribution in [3.63, 3.8) is 0 Å². The van der Waals surface area contributed by atoms with Crippen molar-refractivity contribution < 1.29 is 9.59 Å². The number of para-hydroxylation sites is 1. The van der Waals surface area contributed by atoms with Crippen molar-refractivity contribution in [3.8, 4) is 5.69 Å². The van der Waals surface area contributed by atoms with Crippen LogP contribution in [0.2, 0.25) is 0 Å². The van der Waals surface area contributed by atoms with Gasteiger partial charge < -0.3 is 10.2 Å². The van der Waals surface area contributed by atoms with Crippen LogP contribution in [-0.4, -0.2) is 39.9 Å². The van der Waals surface area contributed by atoms with Crippen LogP contribution in [0.1, 0.15) is 10.5 Å². The van der Waals surface area contributed by atoms with E-state index < -0.39 is 0 Å². The maximum atomic E-state index is 12.9. The first kappa shape index (κ1) is 18.4. The third-order valence-electron chi connectivity index (χ3n) is 4.68. The lowest BCUT2D eigenvalue weighted by Crippen LogP contribution is -2.35. The molecule has 6 heteroatoms. The van der Waals surface area contributed by atoms with E-state index in [9.17, 15) is 9.59 Å². The first-order valence-electron chi connectivity index (χ1n) is 9.24. The number of carbonyl (C=O) groups excluding carboxylic acids is 2. The largest absolute Gasteiger partial charge is 0.331 e. The number of fused-ring (bicyclic) bond motifs is 1. The van der Waals surface area contributed by atoms with Crippen LogP contribution in [-0.2, 0) is 4.79 Å². The Morgan fingerprint density at radius 1 is 0.966 bits per heavy atom. The summed E-state index contributed by atoms with van der Waals surface area (Å²) in [7, 11) is 1.60. The van der Waals surface area contributed by atoms with Gasteiger partial charge in [0.25, 0.3) is 5.91 Å². The Morgan fingerprint density at radius 3 is 2.52 bits per heavy atom. The maximum Gasteiger partial charge on any atom is 0.272 e. The van der Waals surface area contributed by atoms with Crippen molar-refractivity contribution in [2.45, 2.75) is 0 Å². The lowest BCUT2D eigenvalue weighted by Gasteiger charge is -2.18. The number of carbonyl (C=O) groups is 2. The minimum Gasteiger partial charge on any atom is -0.331 e. The zero-order valence-corrected chi connectivity index (χ0v) is 15.9. The highest BCUT2D eigenvalue weighted by molar-refractivity contribution is 6.04. The summed E-state index contributed by atoms with van der Waals surface area (Å²) in [5.74, 6) is -0.539. The lowest BCUT2D eigenvalue weighted by molar-refractivity contribution is -0.116. The van der Waals surface area contributed by atoms with Crippen molar-refractivity contribution in [1.82, 2.24) is 14.5 Å². The van der Waals surface area contributed by atoms with Gasteiger partial charge in [0.2, 0.25) is 5.91 Å². The number of imidazole rings is 1. The van der Waals surface area contributed by atoms with E-state index >= 15 is 0 Å². The molecule has 1 N–H and O–H groups in total. The molecule has 0 fully saturated rings. The summed E-state index contributed by atoms with van der Waals surface area (Å²) in [5.41, 5.74) is 1.96. The van der Waals surface area contributed by atoms with E-state index in [4.69, 9.17) is 0 Å². The number of benzene rings is 3. The molecular formula is C23H20N4O2. The number of aromatic nitrogens is 2. The molecule has 144 valence electrons. The minimum absolute atomic E-state index is 0.0674. The molecule has 0 saturated carbocycles. The number of nitrogens with one attached hydrogen (secondary N) is 1. The van der Waals surface area contributed by atoms with E-state index in [2.05, 4.69) is 10.3 Å². The first-order chi connectivity index (χ1) is 14.1. The second kappa shape index (κ2) is 7.98. The van der Waals surface area contributed by atoms with Crippen LogP contribution in [0.15, 0.2) is 85.3 Å². The fourth-order valence-corrected chi connectivity index (χ4v) is 3.25. The van der Waals surface area contributed by atoms with E-state index in [0.717, 1.165) is 22.1 Å². The summed E-state index contributed by atoms with van der Waals surface area (Å²) in [6.07, 6.45) is 3.10. The predicted molar refractivity (Wildman–Crippen MR) is 113 cm³/mol. The highest BCUT2D eigenvalue weighted by Gasteiger charge is 2.19. The van der Waals surface area contributed by atoms with Crippen molar-refractivity contribution in [2.24, 2.45) is 0 Å². The van der Waals surface area contributed by atoms with Crippen LogP contribution in [0.25, 0.3) is 16.5 Å². The van der Waals surface area contributed by atoms with Gasteiger partial charge in [-0.15, -0.1) is 0 Å². The number of rotatable bonds is 5. The molecule has 0 aliphatic heterocycles. The lowest BCUT2D eigenvalue weighted by atomic mass is 10.1. The Bertz CT molecular complexity index is 1160. The molecule has 0 radical (unpaired) electrons. The van der Waals surface area contributed by atoms with Crippen molar-refractivity contribution in [1.29, 1.82) is 0 Å². The zero-order chi connectivity index (χ0) is 20.2. The zero-order valence-electron chi connectivity index (χ0n) is 15.9. The molecule has 4 rings (SSSR count). The number of amides is 2. The van der Waals surface area contributed by atoms with Gasteiger partial charge in [0.15, 0.2) is 0 Å². The Kier molecular flexibility index (Phi) is 5.07. The van der Waals surface area contributed by atoms with E-state index in [1.165, 1.54) is 11.1 Å². The van der Waals surface area contributed by atoms with Gasteiger partial charge in [-0.3, -0.25) is 14.2 Å². The molecule has 0 atom stereocenters. The molecule has 29 heavy (non-hydrogen) atoms. The van der Waals surface area contributed by atoms with E-state index in [1.807, 2.05) is 72.8 Å². The van der Waals surface area contributed by atoms with Gasteiger partial charge in [0.05, 0.1) is 19.1 Å². The van der Waals surface area contributed by atoms with Crippen LogP contribution in [0.4, 0.5) is 5.69 Å². The summed E-state index contributed by atoms with van der Waals surface area (Å²) in [4.78, 5) is 30.9. The van der Waals surface area contributed by atoms with Gasteiger partial charge in [-0.1, -0.05) is 54.6 Å². The second-order valence-corrected chi connectivity index (χ2v) is 6.72. The minimum atomic E-state index is -0.278. The molecule has 0 aliphatic carbocycles. The van der Waals surface area contributed by atoms with Crippen LogP contribution in [0.5, 0.6) is 0 Å².